The highest BCUT2D eigenvalue weighted by Crippen LogP contribution is 2.16. The molecule has 0 spiro atoms. The second kappa shape index (κ2) is 65.8. The van der Waals surface area contributed by atoms with Crippen LogP contribution in [0.2, 0.25) is 0 Å². The number of unbranched alkanes of at least 4 members (excludes halogenated alkanes) is 22. The van der Waals surface area contributed by atoms with Gasteiger partial charge in [-0.05, 0) is 122 Å². The van der Waals surface area contributed by atoms with E-state index in [2.05, 4.69) is 167 Å². The molecule has 1 atom stereocenters. The number of carbonyl (C=O) groups is 3. The molecular weight excluding hydrogens is 973 g/mol. The lowest BCUT2D eigenvalue weighted by molar-refractivity contribution is -0.167. The van der Waals surface area contributed by atoms with Gasteiger partial charge in [0.1, 0.15) is 13.2 Å². The molecule has 6 nitrogen and oxygen atoms in total. The third-order valence-corrected chi connectivity index (χ3v) is 13.3. The van der Waals surface area contributed by atoms with E-state index >= 15 is 0 Å². The number of hydrogen-bond acceptors (Lipinski definition) is 6. The van der Waals surface area contributed by atoms with Gasteiger partial charge in [0.15, 0.2) is 6.10 Å². The van der Waals surface area contributed by atoms with Crippen LogP contribution >= 0.6 is 0 Å². The van der Waals surface area contributed by atoms with Crippen LogP contribution in [0.5, 0.6) is 0 Å². The minimum absolute atomic E-state index is 0.0980. The molecule has 6 heteroatoms. The standard InChI is InChI=1S/C73H118O6/c1-4-7-10-13-15-17-19-21-23-25-27-29-30-31-32-33-34-35-36-37-38-39-40-41-42-44-45-47-49-51-53-55-57-60-63-66-72(75)78-69-70(68-77-71(74)65-62-59-12-9-6-3)79-73(76)67-64-61-58-56-54-52-50-48-46-43-28-26-24-22-20-18-16-14-11-8-5-2/h7-8,10-11,15-18,21-24,27-29,31-32,34-35,43,48,50,54,56,70H,4-6,9,12-14,19-20,25-26,30,33,36-42,44-47,49,51-53,55,57-69H2,1-3H3/b10-7-,11-8-,17-15-,18-16-,23-21-,24-22-,29-27-,32-31-,35-34-,43-28-,50-48-,56-54-. The Balaban J connectivity index is 4.05. The first-order valence-electron chi connectivity index (χ1n) is 32.3. The first-order valence-corrected chi connectivity index (χ1v) is 32.3. The molecule has 0 amide bonds. The van der Waals surface area contributed by atoms with Gasteiger partial charge < -0.3 is 14.2 Å². The molecular formula is C73H118O6. The summed E-state index contributed by atoms with van der Waals surface area (Å²) in [5.41, 5.74) is 0. The van der Waals surface area contributed by atoms with Crippen LogP contribution in [0.3, 0.4) is 0 Å². The SMILES string of the molecule is CC/C=C\C/C=C\C/C=C\C/C=C\C/C=C\C/C=C\CCCCCCCCCCCCCCCCCCC(=O)OCC(COC(=O)CCCCCCC)OC(=O)CCCC/C=C\C/C=C\C/C=C\C/C=C\C/C=C\C/C=C\CC. The fourth-order valence-electron chi connectivity index (χ4n) is 8.57. The molecule has 0 fully saturated rings. The van der Waals surface area contributed by atoms with Gasteiger partial charge in [0, 0.05) is 19.3 Å². The van der Waals surface area contributed by atoms with Crippen molar-refractivity contribution in [3.63, 3.8) is 0 Å². The summed E-state index contributed by atoms with van der Waals surface area (Å²) in [4.78, 5) is 37.9. The molecule has 0 N–H and O–H groups in total. The van der Waals surface area contributed by atoms with E-state index in [1.165, 1.54) is 89.9 Å². The van der Waals surface area contributed by atoms with Crippen molar-refractivity contribution >= 4 is 17.9 Å². The average Bonchev–Trinajstić information content (AvgIpc) is 3.45. The average molecular weight is 1090 g/mol. The summed E-state index contributed by atoms with van der Waals surface area (Å²) < 4.78 is 16.7. The summed E-state index contributed by atoms with van der Waals surface area (Å²) in [6.07, 6.45) is 94.9. The Hall–Kier alpha value is -4.71. The largest absolute Gasteiger partial charge is 0.462 e. The number of ether oxygens (including phenoxy) is 3. The summed E-state index contributed by atoms with van der Waals surface area (Å²) in [5, 5.41) is 0. The van der Waals surface area contributed by atoms with E-state index in [0.29, 0.717) is 19.3 Å². The number of rotatable bonds is 57. The van der Waals surface area contributed by atoms with Crippen LogP contribution in [-0.4, -0.2) is 37.2 Å². The smallest absolute Gasteiger partial charge is 0.306 e. The molecule has 0 bridgehead atoms. The van der Waals surface area contributed by atoms with Crippen LogP contribution in [0.4, 0.5) is 0 Å². The molecule has 1 unspecified atom stereocenters. The lowest BCUT2D eigenvalue weighted by Crippen LogP contribution is -2.30. The van der Waals surface area contributed by atoms with Crippen molar-refractivity contribution in [3.05, 3.63) is 146 Å². The number of carbonyl (C=O) groups excluding carboxylic acids is 3. The fourth-order valence-corrected chi connectivity index (χ4v) is 8.57. The summed E-state index contributed by atoms with van der Waals surface area (Å²) in [7, 11) is 0. The normalized spacial score (nSPS) is 13.1. The maximum atomic E-state index is 12.8. The predicted octanol–water partition coefficient (Wildman–Crippen LogP) is 22.3. The number of allylic oxidation sites excluding steroid dienone is 24. The Morgan fingerprint density at radius 1 is 0.266 bits per heavy atom. The molecule has 0 heterocycles. The van der Waals surface area contributed by atoms with Crippen molar-refractivity contribution < 1.29 is 28.6 Å². The van der Waals surface area contributed by atoms with E-state index in [1.807, 2.05) is 0 Å². The van der Waals surface area contributed by atoms with Gasteiger partial charge in [0.25, 0.3) is 0 Å². The molecule has 0 aromatic carbocycles. The molecule has 446 valence electrons. The molecule has 0 aliphatic carbocycles. The van der Waals surface area contributed by atoms with E-state index in [-0.39, 0.29) is 37.5 Å². The number of esters is 3. The molecule has 0 rings (SSSR count). The third kappa shape index (κ3) is 64.0. The number of hydrogen-bond donors (Lipinski definition) is 0. The molecule has 0 aliphatic rings. The van der Waals surface area contributed by atoms with Gasteiger partial charge in [-0.25, -0.2) is 0 Å². The van der Waals surface area contributed by atoms with E-state index in [1.54, 1.807) is 0 Å². The van der Waals surface area contributed by atoms with E-state index < -0.39 is 6.10 Å². The maximum Gasteiger partial charge on any atom is 0.306 e. The van der Waals surface area contributed by atoms with Gasteiger partial charge in [0.2, 0.25) is 0 Å². The van der Waals surface area contributed by atoms with E-state index in [0.717, 1.165) is 141 Å². The zero-order valence-corrected chi connectivity index (χ0v) is 51.1. The van der Waals surface area contributed by atoms with Crippen LogP contribution in [0.15, 0.2) is 146 Å². The quantitative estimate of drug-likeness (QED) is 0.0261. The van der Waals surface area contributed by atoms with Crippen LogP contribution in [-0.2, 0) is 28.6 Å². The molecule has 79 heavy (non-hydrogen) atoms. The summed E-state index contributed by atoms with van der Waals surface area (Å²) in [6, 6.07) is 0. The lowest BCUT2D eigenvalue weighted by Gasteiger charge is -2.18. The van der Waals surface area contributed by atoms with Crippen molar-refractivity contribution in [2.75, 3.05) is 13.2 Å². The topological polar surface area (TPSA) is 78.9 Å². The van der Waals surface area contributed by atoms with Gasteiger partial charge in [-0.3, -0.25) is 14.4 Å². The maximum absolute atomic E-state index is 12.8. The minimum Gasteiger partial charge on any atom is -0.462 e. The first kappa shape index (κ1) is 74.3. The van der Waals surface area contributed by atoms with E-state index in [4.69, 9.17) is 14.2 Å². The molecule has 0 saturated heterocycles. The highest BCUT2D eigenvalue weighted by Gasteiger charge is 2.19. The van der Waals surface area contributed by atoms with Crippen molar-refractivity contribution in [1.82, 2.24) is 0 Å². The van der Waals surface area contributed by atoms with Gasteiger partial charge in [0.05, 0.1) is 0 Å². The van der Waals surface area contributed by atoms with Crippen molar-refractivity contribution in [1.29, 1.82) is 0 Å². The minimum atomic E-state index is -0.801. The zero-order chi connectivity index (χ0) is 57.1. The predicted molar refractivity (Wildman–Crippen MR) is 343 cm³/mol. The molecule has 0 aromatic rings. The summed E-state index contributed by atoms with van der Waals surface area (Å²) >= 11 is 0. The van der Waals surface area contributed by atoms with Crippen molar-refractivity contribution in [3.8, 4) is 0 Å². The Morgan fingerprint density at radius 3 is 0.797 bits per heavy atom. The molecule has 0 saturated carbocycles. The Labute approximate surface area is 487 Å². The Morgan fingerprint density at radius 2 is 0.494 bits per heavy atom. The van der Waals surface area contributed by atoms with Crippen molar-refractivity contribution in [2.24, 2.45) is 0 Å². The molecule has 0 aliphatic heterocycles. The lowest BCUT2D eigenvalue weighted by atomic mass is 10.0. The summed E-state index contributed by atoms with van der Waals surface area (Å²) in [5.74, 6) is -0.956. The van der Waals surface area contributed by atoms with Crippen LogP contribution in [0, 0.1) is 0 Å². The van der Waals surface area contributed by atoms with Gasteiger partial charge >= 0.3 is 17.9 Å². The zero-order valence-electron chi connectivity index (χ0n) is 51.1. The monoisotopic (exact) mass is 1090 g/mol. The van der Waals surface area contributed by atoms with Gasteiger partial charge in [-0.1, -0.05) is 282 Å². The van der Waals surface area contributed by atoms with Crippen molar-refractivity contribution in [2.45, 2.75) is 284 Å². The highest BCUT2D eigenvalue weighted by molar-refractivity contribution is 5.71. The first-order chi connectivity index (χ1) is 39.0. The van der Waals surface area contributed by atoms with E-state index in [9.17, 15) is 14.4 Å². The second-order valence-corrected chi connectivity index (χ2v) is 20.9. The van der Waals surface area contributed by atoms with Crippen LogP contribution in [0.1, 0.15) is 278 Å². The fraction of sp³-hybridized carbons (Fsp3) is 0.630. The molecule has 0 radical (unpaired) electrons. The molecule has 0 aromatic heterocycles. The highest BCUT2D eigenvalue weighted by atomic mass is 16.6. The Bertz CT molecular complexity index is 1730. The van der Waals surface area contributed by atoms with Gasteiger partial charge in [-0.2, -0.15) is 0 Å². The third-order valence-electron chi connectivity index (χ3n) is 13.3. The second-order valence-electron chi connectivity index (χ2n) is 20.9. The van der Waals surface area contributed by atoms with Gasteiger partial charge in [-0.15, -0.1) is 0 Å². The summed E-state index contributed by atoms with van der Waals surface area (Å²) in [6.45, 7) is 6.29. The van der Waals surface area contributed by atoms with Crippen LogP contribution in [0.25, 0.3) is 0 Å². The van der Waals surface area contributed by atoms with Crippen LogP contribution < -0.4 is 0 Å². The Kier molecular flexibility index (Phi) is 61.9.